The molecule has 5 nitrogen and oxygen atoms in total. The number of rotatable bonds is 5. The van der Waals surface area contributed by atoms with Crippen molar-refractivity contribution in [1.82, 2.24) is 4.90 Å². The minimum Gasteiger partial charge on any atom is -0.321 e. The molecule has 0 bridgehead atoms. The fraction of sp³-hybridized carbons (Fsp3) is 0.400. The third kappa shape index (κ3) is 2.63. The van der Waals surface area contributed by atoms with Crippen molar-refractivity contribution in [3.8, 4) is 0 Å². The van der Waals surface area contributed by atoms with Gasteiger partial charge in [-0.3, -0.25) is 19.3 Å². The summed E-state index contributed by atoms with van der Waals surface area (Å²) in [6.45, 7) is 3.69. The third-order valence-corrected chi connectivity index (χ3v) is 3.33. The highest BCUT2D eigenvalue weighted by atomic mass is 16.2. The molecule has 106 valence electrons. The zero-order chi connectivity index (χ0) is 14.9. The predicted octanol–water partition coefficient (Wildman–Crippen LogP) is 1.23. The summed E-state index contributed by atoms with van der Waals surface area (Å²) >= 11 is 0. The van der Waals surface area contributed by atoms with Crippen molar-refractivity contribution in [3.05, 3.63) is 35.4 Å². The molecule has 5 heteroatoms. The van der Waals surface area contributed by atoms with E-state index in [9.17, 15) is 14.4 Å². The summed E-state index contributed by atoms with van der Waals surface area (Å²) in [7, 11) is 0. The SMILES string of the molecule is CC(C)CC(N)C(=O)CN1C(=O)c2ccccc2C1=O. The highest BCUT2D eigenvalue weighted by Crippen LogP contribution is 2.22. The van der Waals surface area contributed by atoms with Crippen molar-refractivity contribution in [2.24, 2.45) is 11.7 Å². The Bertz CT molecular complexity index is 531. The van der Waals surface area contributed by atoms with Crippen molar-refractivity contribution in [2.45, 2.75) is 26.3 Å². The fourth-order valence-electron chi connectivity index (χ4n) is 2.30. The van der Waals surface area contributed by atoms with Gasteiger partial charge < -0.3 is 5.73 Å². The topological polar surface area (TPSA) is 80.5 Å². The van der Waals surface area contributed by atoms with Crippen molar-refractivity contribution in [1.29, 1.82) is 0 Å². The number of hydrogen-bond acceptors (Lipinski definition) is 4. The molecule has 1 aliphatic rings. The monoisotopic (exact) mass is 274 g/mol. The van der Waals surface area contributed by atoms with Crippen LogP contribution in [-0.2, 0) is 4.79 Å². The van der Waals surface area contributed by atoms with Crippen LogP contribution in [0.3, 0.4) is 0 Å². The van der Waals surface area contributed by atoms with E-state index in [0.717, 1.165) is 4.90 Å². The van der Waals surface area contributed by atoms with E-state index in [1.54, 1.807) is 24.3 Å². The predicted molar refractivity (Wildman–Crippen MR) is 74.2 cm³/mol. The summed E-state index contributed by atoms with van der Waals surface area (Å²) in [5.74, 6) is -0.837. The fourth-order valence-corrected chi connectivity index (χ4v) is 2.30. The van der Waals surface area contributed by atoms with Gasteiger partial charge in [-0.25, -0.2) is 0 Å². The number of nitrogens with zero attached hydrogens (tertiary/aromatic N) is 1. The lowest BCUT2D eigenvalue weighted by Crippen LogP contribution is -2.42. The van der Waals surface area contributed by atoms with Crippen molar-refractivity contribution in [2.75, 3.05) is 6.54 Å². The van der Waals surface area contributed by atoms with Crippen LogP contribution in [0.25, 0.3) is 0 Å². The van der Waals surface area contributed by atoms with Crippen molar-refractivity contribution < 1.29 is 14.4 Å². The van der Waals surface area contributed by atoms with Crippen LogP contribution in [-0.4, -0.2) is 35.1 Å². The van der Waals surface area contributed by atoms with E-state index < -0.39 is 17.9 Å². The van der Waals surface area contributed by atoms with Gasteiger partial charge in [0.05, 0.1) is 23.7 Å². The Morgan fingerprint density at radius 3 is 2.10 bits per heavy atom. The number of benzene rings is 1. The number of Topliss-reactive ketones (excluding diaryl/α,β-unsaturated/α-hetero) is 1. The van der Waals surface area contributed by atoms with Crippen LogP contribution >= 0.6 is 0 Å². The molecule has 1 heterocycles. The first-order chi connectivity index (χ1) is 9.41. The number of carbonyl (C=O) groups is 3. The Balaban J connectivity index is 2.11. The highest BCUT2D eigenvalue weighted by Gasteiger charge is 2.36. The molecular formula is C15H18N2O3. The number of imide groups is 1. The molecule has 0 saturated heterocycles. The molecule has 2 N–H and O–H groups in total. The van der Waals surface area contributed by atoms with Gasteiger partial charge in [0.15, 0.2) is 5.78 Å². The van der Waals surface area contributed by atoms with Gasteiger partial charge in [-0.05, 0) is 24.5 Å². The average Bonchev–Trinajstić information content (AvgIpc) is 2.64. The lowest BCUT2D eigenvalue weighted by Gasteiger charge is -2.17. The molecule has 20 heavy (non-hydrogen) atoms. The lowest BCUT2D eigenvalue weighted by molar-refractivity contribution is -0.120. The summed E-state index contributed by atoms with van der Waals surface area (Å²) in [6.07, 6.45) is 0.544. The van der Waals surface area contributed by atoms with Gasteiger partial charge in [0.25, 0.3) is 11.8 Å². The van der Waals surface area contributed by atoms with Crippen LogP contribution in [0.2, 0.25) is 0 Å². The Morgan fingerprint density at radius 1 is 1.15 bits per heavy atom. The zero-order valence-electron chi connectivity index (χ0n) is 11.6. The molecule has 1 aliphatic heterocycles. The standard InChI is InChI=1S/C15H18N2O3/c1-9(2)7-12(16)13(18)8-17-14(19)10-5-3-4-6-11(10)15(17)20/h3-6,9,12H,7-8,16H2,1-2H3. The van der Waals surface area contributed by atoms with Crippen molar-refractivity contribution >= 4 is 17.6 Å². The summed E-state index contributed by atoms with van der Waals surface area (Å²) < 4.78 is 0. The van der Waals surface area contributed by atoms with Crippen LogP contribution in [0.5, 0.6) is 0 Å². The van der Waals surface area contributed by atoms with Gasteiger partial charge in [0, 0.05) is 0 Å². The van der Waals surface area contributed by atoms with Gasteiger partial charge >= 0.3 is 0 Å². The smallest absolute Gasteiger partial charge is 0.261 e. The van der Waals surface area contributed by atoms with E-state index in [2.05, 4.69) is 0 Å². The molecule has 0 fully saturated rings. The van der Waals surface area contributed by atoms with Gasteiger partial charge in [0.2, 0.25) is 0 Å². The van der Waals surface area contributed by atoms with Crippen LogP contribution < -0.4 is 5.73 Å². The largest absolute Gasteiger partial charge is 0.321 e. The van der Waals surface area contributed by atoms with E-state index >= 15 is 0 Å². The lowest BCUT2D eigenvalue weighted by atomic mass is 10.0. The molecule has 0 radical (unpaired) electrons. The quantitative estimate of drug-likeness (QED) is 0.819. The minimum absolute atomic E-state index is 0.250. The van der Waals surface area contributed by atoms with Crippen LogP contribution in [0.15, 0.2) is 24.3 Å². The molecule has 1 atom stereocenters. The summed E-state index contributed by atoms with van der Waals surface area (Å²) in [5, 5.41) is 0. The Labute approximate surface area is 117 Å². The third-order valence-electron chi connectivity index (χ3n) is 3.33. The van der Waals surface area contributed by atoms with Gasteiger partial charge in [-0.2, -0.15) is 0 Å². The normalized spacial score (nSPS) is 15.7. The van der Waals surface area contributed by atoms with Crippen molar-refractivity contribution in [3.63, 3.8) is 0 Å². The first kappa shape index (κ1) is 14.4. The van der Waals surface area contributed by atoms with E-state index in [-0.39, 0.29) is 18.2 Å². The number of hydrogen-bond donors (Lipinski definition) is 1. The van der Waals surface area contributed by atoms with Gasteiger partial charge in [0.1, 0.15) is 0 Å². The molecule has 0 saturated carbocycles. The zero-order valence-corrected chi connectivity index (χ0v) is 11.6. The molecule has 1 aromatic carbocycles. The maximum Gasteiger partial charge on any atom is 0.261 e. The summed E-state index contributed by atoms with van der Waals surface area (Å²) in [5.41, 5.74) is 6.49. The summed E-state index contributed by atoms with van der Waals surface area (Å²) in [6, 6.07) is 5.93. The second-order valence-corrected chi connectivity index (χ2v) is 5.44. The number of nitrogens with two attached hydrogens (primary N) is 1. The molecular weight excluding hydrogens is 256 g/mol. The van der Waals surface area contributed by atoms with Gasteiger partial charge in [-0.15, -0.1) is 0 Å². The van der Waals surface area contributed by atoms with Crippen LogP contribution in [0.1, 0.15) is 41.0 Å². The van der Waals surface area contributed by atoms with E-state index in [4.69, 9.17) is 5.73 Å². The molecule has 1 unspecified atom stereocenters. The molecule has 2 rings (SSSR count). The maximum atomic E-state index is 12.1. The Morgan fingerprint density at radius 2 is 1.65 bits per heavy atom. The Hall–Kier alpha value is -2.01. The number of ketones is 1. The molecule has 1 aromatic rings. The highest BCUT2D eigenvalue weighted by molar-refractivity contribution is 6.22. The molecule has 0 aliphatic carbocycles. The average molecular weight is 274 g/mol. The van der Waals surface area contributed by atoms with Gasteiger partial charge in [-0.1, -0.05) is 26.0 Å². The number of amides is 2. The first-order valence-electron chi connectivity index (χ1n) is 6.65. The minimum atomic E-state index is -0.640. The Kier molecular flexibility index (Phi) is 3.99. The molecule has 2 amide bonds. The van der Waals surface area contributed by atoms with E-state index in [1.165, 1.54) is 0 Å². The van der Waals surface area contributed by atoms with Crippen LogP contribution in [0, 0.1) is 5.92 Å². The second-order valence-electron chi connectivity index (χ2n) is 5.44. The first-order valence-corrected chi connectivity index (χ1v) is 6.65. The molecule has 0 spiro atoms. The second kappa shape index (κ2) is 5.54. The molecule has 0 aromatic heterocycles. The van der Waals surface area contributed by atoms with E-state index in [1.807, 2.05) is 13.8 Å². The maximum absolute atomic E-state index is 12.1. The summed E-state index contributed by atoms with van der Waals surface area (Å²) in [4.78, 5) is 37.2. The number of fused-ring (bicyclic) bond motifs is 1. The number of carbonyl (C=O) groups excluding carboxylic acids is 3. The van der Waals surface area contributed by atoms with E-state index in [0.29, 0.717) is 17.5 Å². The van der Waals surface area contributed by atoms with Crippen LogP contribution in [0.4, 0.5) is 0 Å².